The fraction of sp³-hybridized carbons (Fsp3) is 0.625. The van der Waals surface area contributed by atoms with Gasteiger partial charge in [-0.15, -0.1) is 0 Å². The number of phenolic OH excluding ortho intramolecular Hbond substituents is 1. The number of rotatable bonds is 4. The third kappa shape index (κ3) is 2.68. The van der Waals surface area contributed by atoms with Gasteiger partial charge in [0, 0.05) is 43.3 Å². The minimum absolute atomic E-state index is 0.0927. The largest absolute Gasteiger partial charge is 0.502 e. The molecule has 0 spiro atoms. The van der Waals surface area contributed by atoms with Crippen LogP contribution in [0.2, 0.25) is 0 Å². The van der Waals surface area contributed by atoms with Gasteiger partial charge in [-0.3, -0.25) is 15.0 Å². The Bertz CT molecular complexity index is 566. The molecule has 0 amide bonds. The van der Waals surface area contributed by atoms with Gasteiger partial charge in [0.25, 0.3) is 0 Å². The van der Waals surface area contributed by atoms with Gasteiger partial charge in [-0.1, -0.05) is 18.6 Å². The first-order valence-corrected chi connectivity index (χ1v) is 8.01. The highest BCUT2D eigenvalue weighted by atomic mass is 16.6. The molecule has 120 valence electrons. The molecule has 2 aliphatic rings. The van der Waals surface area contributed by atoms with E-state index in [2.05, 4.69) is 10.2 Å². The van der Waals surface area contributed by atoms with Gasteiger partial charge in [0.1, 0.15) is 0 Å². The summed E-state index contributed by atoms with van der Waals surface area (Å²) >= 11 is 0. The Morgan fingerprint density at radius 2 is 2.05 bits per heavy atom. The van der Waals surface area contributed by atoms with Gasteiger partial charge in [0.05, 0.1) is 4.92 Å². The number of nitrogens with zero attached hydrogens (tertiary/aromatic N) is 2. The minimum Gasteiger partial charge on any atom is -0.502 e. The van der Waals surface area contributed by atoms with E-state index in [1.54, 1.807) is 13.0 Å². The fourth-order valence-electron chi connectivity index (χ4n) is 3.63. The van der Waals surface area contributed by atoms with Crippen molar-refractivity contribution in [2.24, 2.45) is 5.92 Å². The zero-order chi connectivity index (χ0) is 15.7. The Labute approximate surface area is 130 Å². The summed E-state index contributed by atoms with van der Waals surface area (Å²) in [5.41, 5.74) is 1.10. The summed E-state index contributed by atoms with van der Waals surface area (Å²) in [4.78, 5) is 13.2. The van der Waals surface area contributed by atoms with Crippen molar-refractivity contribution in [1.29, 1.82) is 0 Å². The Morgan fingerprint density at radius 3 is 2.59 bits per heavy atom. The monoisotopic (exact) mass is 305 g/mol. The number of hydrogen-bond donors (Lipinski definition) is 2. The van der Waals surface area contributed by atoms with E-state index < -0.39 is 4.92 Å². The van der Waals surface area contributed by atoms with Crippen LogP contribution >= 0.6 is 0 Å². The number of aromatic hydroxyl groups is 1. The first kappa shape index (κ1) is 15.2. The Kier molecular flexibility index (Phi) is 4.31. The normalized spacial score (nSPS) is 21.3. The Hall–Kier alpha value is -1.66. The van der Waals surface area contributed by atoms with E-state index in [-0.39, 0.29) is 17.5 Å². The molecule has 6 heteroatoms. The molecular formula is C16H23N3O3. The molecule has 1 aliphatic heterocycles. The van der Waals surface area contributed by atoms with Crippen LogP contribution in [-0.4, -0.2) is 41.1 Å². The first-order valence-electron chi connectivity index (χ1n) is 8.01. The summed E-state index contributed by atoms with van der Waals surface area (Å²) in [5, 5.41) is 25.1. The zero-order valence-electron chi connectivity index (χ0n) is 12.9. The molecule has 1 aromatic carbocycles. The maximum atomic E-state index is 11.3. The topological polar surface area (TPSA) is 78.6 Å². The zero-order valence-corrected chi connectivity index (χ0v) is 12.9. The average molecular weight is 305 g/mol. The summed E-state index contributed by atoms with van der Waals surface area (Å²) < 4.78 is 0. The second kappa shape index (κ2) is 6.22. The van der Waals surface area contributed by atoms with Crippen LogP contribution in [0.3, 0.4) is 0 Å². The number of nitro groups is 1. The van der Waals surface area contributed by atoms with E-state index in [9.17, 15) is 15.2 Å². The van der Waals surface area contributed by atoms with Crippen molar-refractivity contribution >= 4 is 5.69 Å². The van der Waals surface area contributed by atoms with Crippen molar-refractivity contribution in [3.63, 3.8) is 0 Å². The molecule has 0 unspecified atom stereocenters. The van der Waals surface area contributed by atoms with Crippen LogP contribution in [0.4, 0.5) is 5.69 Å². The highest BCUT2D eigenvalue weighted by Crippen LogP contribution is 2.46. The van der Waals surface area contributed by atoms with Crippen LogP contribution in [0.15, 0.2) is 12.1 Å². The SMILES string of the molecule is Cc1ccc([C@@H](C2CCC2)N2CCNCC2)c(O)c1[N+](=O)[O-]. The number of phenols is 1. The third-order valence-electron chi connectivity index (χ3n) is 5.03. The molecule has 1 atom stereocenters. The van der Waals surface area contributed by atoms with Crippen LogP contribution in [0.5, 0.6) is 5.75 Å². The molecule has 1 aliphatic carbocycles. The van der Waals surface area contributed by atoms with Crippen molar-refractivity contribution in [2.45, 2.75) is 32.2 Å². The fourth-order valence-corrected chi connectivity index (χ4v) is 3.63. The van der Waals surface area contributed by atoms with Gasteiger partial charge in [0.15, 0.2) is 5.75 Å². The second-order valence-corrected chi connectivity index (χ2v) is 6.35. The number of piperazine rings is 1. The number of hydrogen-bond acceptors (Lipinski definition) is 5. The lowest BCUT2D eigenvalue weighted by Crippen LogP contribution is -2.47. The molecule has 0 aromatic heterocycles. The lowest BCUT2D eigenvalue weighted by atomic mass is 9.75. The van der Waals surface area contributed by atoms with Crippen molar-refractivity contribution in [3.05, 3.63) is 33.4 Å². The summed E-state index contributed by atoms with van der Waals surface area (Å²) in [6.45, 7) is 5.37. The molecule has 2 N–H and O–H groups in total. The Balaban J connectivity index is 2.00. The lowest BCUT2D eigenvalue weighted by molar-refractivity contribution is -0.386. The van der Waals surface area contributed by atoms with Crippen molar-refractivity contribution in [2.75, 3.05) is 26.2 Å². The number of aryl methyl sites for hydroxylation is 1. The van der Waals surface area contributed by atoms with E-state index in [4.69, 9.17) is 0 Å². The van der Waals surface area contributed by atoms with Crippen LogP contribution in [-0.2, 0) is 0 Å². The Morgan fingerprint density at radius 1 is 1.36 bits per heavy atom. The van der Waals surface area contributed by atoms with E-state index in [1.165, 1.54) is 6.42 Å². The number of benzene rings is 1. The van der Waals surface area contributed by atoms with Gasteiger partial charge >= 0.3 is 5.69 Å². The molecule has 2 fully saturated rings. The highest BCUT2D eigenvalue weighted by molar-refractivity contribution is 5.57. The summed E-state index contributed by atoms with van der Waals surface area (Å²) in [6.07, 6.45) is 3.48. The van der Waals surface area contributed by atoms with E-state index in [0.29, 0.717) is 11.5 Å². The summed E-state index contributed by atoms with van der Waals surface area (Å²) in [5.74, 6) is 0.353. The molecule has 22 heavy (non-hydrogen) atoms. The standard InChI is InChI=1S/C16H23N3O3/c1-11-5-6-13(16(20)14(11)19(21)22)15(12-3-2-4-12)18-9-7-17-8-10-18/h5-6,12,15,17,20H,2-4,7-10H2,1H3/t15-/m1/s1. The van der Waals surface area contributed by atoms with Gasteiger partial charge in [0.2, 0.25) is 0 Å². The van der Waals surface area contributed by atoms with Gasteiger partial charge in [-0.05, 0) is 25.7 Å². The quantitative estimate of drug-likeness (QED) is 0.659. The predicted molar refractivity (Wildman–Crippen MR) is 84.0 cm³/mol. The molecule has 3 rings (SSSR count). The van der Waals surface area contributed by atoms with Crippen LogP contribution in [0.25, 0.3) is 0 Å². The smallest absolute Gasteiger partial charge is 0.313 e. The average Bonchev–Trinajstić information content (AvgIpc) is 2.44. The molecule has 0 radical (unpaired) electrons. The van der Waals surface area contributed by atoms with Crippen LogP contribution in [0, 0.1) is 23.0 Å². The highest BCUT2D eigenvalue weighted by Gasteiger charge is 2.37. The van der Waals surface area contributed by atoms with E-state index in [0.717, 1.165) is 44.6 Å². The molecule has 1 saturated carbocycles. The van der Waals surface area contributed by atoms with Crippen LogP contribution in [0.1, 0.15) is 36.4 Å². The van der Waals surface area contributed by atoms with Crippen molar-refractivity contribution < 1.29 is 10.0 Å². The maximum Gasteiger partial charge on any atom is 0.313 e. The van der Waals surface area contributed by atoms with Crippen LogP contribution < -0.4 is 5.32 Å². The molecule has 0 bridgehead atoms. The molecule has 1 saturated heterocycles. The summed E-state index contributed by atoms with van der Waals surface area (Å²) in [7, 11) is 0. The summed E-state index contributed by atoms with van der Waals surface area (Å²) in [6, 6.07) is 3.74. The minimum atomic E-state index is -0.468. The third-order valence-corrected chi connectivity index (χ3v) is 5.03. The molecule has 1 heterocycles. The van der Waals surface area contributed by atoms with E-state index >= 15 is 0 Å². The maximum absolute atomic E-state index is 11.3. The van der Waals surface area contributed by atoms with Gasteiger partial charge in [-0.2, -0.15) is 0 Å². The molecule has 6 nitrogen and oxygen atoms in total. The first-order chi connectivity index (χ1) is 10.6. The molecular weight excluding hydrogens is 282 g/mol. The number of nitrogens with one attached hydrogen (secondary N) is 1. The van der Waals surface area contributed by atoms with Gasteiger partial charge < -0.3 is 10.4 Å². The molecule has 1 aromatic rings. The van der Waals surface area contributed by atoms with Crippen molar-refractivity contribution in [1.82, 2.24) is 10.2 Å². The second-order valence-electron chi connectivity index (χ2n) is 6.35. The number of nitro benzene ring substituents is 1. The van der Waals surface area contributed by atoms with Gasteiger partial charge in [-0.25, -0.2) is 0 Å². The van der Waals surface area contributed by atoms with Crippen molar-refractivity contribution in [3.8, 4) is 5.75 Å². The van der Waals surface area contributed by atoms with E-state index in [1.807, 2.05) is 6.07 Å². The predicted octanol–water partition coefficient (Wildman–Crippen LogP) is 2.36. The lowest BCUT2D eigenvalue weighted by Gasteiger charge is -2.43.